The first-order chi connectivity index (χ1) is 20.1. The van der Waals surface area contributed by atoms with Gasteiger partial charge in [-0.25, -0.2) is 9.97 Å². The van der Waals surface area contributed by atoms with E-state index in [0.29, 0.717) is 25.6 Å². The zero-order valence-electron chi connectivity index (χ0n) is 27.5. The number of likely N-dealkylation sites (tertiary alicyclic amines) is 1. The molecular formula is C34H47N3O4S2. The molecular weight excluding hydrogens is 579 g/mol. The third kappa shape index (κ3) is 7.66. The van der Waals surface area contributed by atoms with Crippen LogP contribution >= 0.6 is 22.7 Å². The van der Waals surface area contributed by atoms with Gasteiger partial charge in [0.15, 0.2) is 0 Å². The molecule has 3 aromatic rings. The van der Waals surface area contributed by atoms with Crippen LogP contribution in [0.2, 0.25) is 0 Å². The molecule has 9 heteroatoms. The molecule has 3 heterocycles. The molecule has 2 aromatic heterocycles. The Morgan fingerprint density at radius 2 is 1.56 bits per heavy atom. The summed E-state index contributed by atoms with van der Waals surface area (Å²) in [6.07, 6.45) is 2.26. The lowest BCUT2D eigenvalue weighted by Gasteiger charge is -2.31. The van der Waals surface area contributed by atoms with E-state index in [-0.39, 0.29) is 35.5 Å². The molecule has 7 nitrogen and oxygen atoms in total. The quantitative estimate of drug-likeness (QED) is 0.241. The summed E-state index contributed by atoms with van der Waals surface area (Å²) < 4.78 is 11.0. The second-order valence-corrected chi connectivity index (χ2v) is 15.9. The normalized spacial score (nSPS) is 14.7. The lowest BCUT2D eigenvalue weighted by Crippen LogP contribution is -2.38. The molecule has 0 aliphatic carbocycles. The second-order valence-electron chi connectivity index (χ2n) is 13.5. The fraction of sp³-hybridized carbons (Fsp3) is 0.588. The molecule has 1 fully saturated rings. The highest BCUT2D eigenvalue weighted by Gasteiger charge is 2.30. The van der Waals surface area contributed by atoms with Crippen molar-refractivity contribution in [3.8, 4) is 17.0 Å². The third-order valence-electron chi connectivity index (χ3n) is 8.04. The molecule has 0 N–H and O–H groups in total. The summed E-state index contributed by atoms with van der Waals surface area (Å²) in [4.78, 5) is 38.9. The Morgan fingerprint density at radius 3 is 2.09 bits per heavy atom. The molecule has 1 amide bonds. The SMILES string of the molecule is CCOC(=O)Cc1sc(CC(=O)N2CCC(c3nc(-c4cc(C(C)(C)C)c(OC)c(C(C)(C)C)c4)c(C)s3)CC2)nc1C. The average Bonchev–Trinajstić information content (AvgIpc) is 3.48. The van der Waals surface area contributed by atoms with Crippen LogP contribution in [0.4, 0.5) is 0 Å². The Labute approximate surface area is 265 Å². The van der Waals surface area contributed by atoms with Gasteiger partial charge in [-0.1, -0.05) is 41.5 Å². The zero-order chi connectivity index (χ0) is 31.7. The molecule has 1 saturated heterocycles. The van der Waals surface area contributed by atoms with Crippen molar-refractivity contribution in [1.29, 1.82) is 0 Å². The van der Waals surface area contributed by atoms with E-state index in [1.165, 1.54) is 27.3 Å². The van der Waals surface area contributed by atoms with Crippen molar-refractivity contribution in [1.82, 2.24) is 14.9 Å². The topological polar surface area (TPSA) is 81.6 Å². The van der Waals surface area contributed by atoms with Gasteiger partial charge >= 0.3 is 5.97 Å². The van der Waals surface area contributed by atoms with Crippen LogP contribution in [0.1, 0.15) is 104 Å². The Kier molecular flexibility index (Phi) is 10.1. The second kappa shape index (κ2) is 13.1. The lowest BCUT2D eigenvalue weighted by atomic mass is 9.78. The van der Waals surface area contributed by atoms with Gasteiger partial charge in [0.05, 0.1) is 43.0 Å². The number of esters is 1. The van der Waals surface area contributed by atoms with Crippen LogP contribution in [0.3, 0.4) is 0 Å². The number of aromatic nitrogens is 2. The van der Waals surface area contributed by atoms with Crippen LogP contribution in [0.15, 0.2) is 12.1 Å². The van der Waals surface area contributed by atoms with E-state index in [0.717, 1.165) is 50.4 Å². The minimum Gasteiger partial charge on any atom is -0.496 e. The number of amides is 1. The standard InChI is InChI=1S/C34H47N3O4S2/c1-11-41-29(39)18-26-20(2)35-27(43-26)19-28(38)37-14-12-22(13-15-37)32-36-30(21(3)42-32)23-16-24(33(4,5)6)31(40-10)25(17-23)34(7,8)9/h16-17,22H,11-15,18-19H2,1-10H3. The first kappa shape index (κ1) is 33.1. The minimum atomic E-state index is -0.258. The minimum absolute atomic E-state index is 0.0761. The average molecular weight is 626 g/mol. The number of carbonyl (C=O) groups is 2. The number of hydrogen-bond acceptors (Lipinski definition) is 8. The molecule has 0 saturated carbocycles. The molecule has 0 atom stereocenters. The molecule has 1 aliphatic heterocycles. The number of carbonyl (C=O) groups excluding carboxylic acids is 2. The summed E-state index contributed by atoms with van der Waals surface area (Å²) in [5.74, 6) is 1.14. The summed E-state index contributed by atoms with van der Waals surface area (Å²) in [6.45, 7) is 21.0. The van der Waals surface area contributed by atoms with Crippen molar-refractivity contribution in [2.45, 2.75) is 105 Å². The van der Waals surface area contributed by atoms with Crippen molar-refractivity contribution in [3.05, 3.63) is 48.7 Å². The molecule has 234 valence electrons. The number of methoxy groups -OCH3 is 1. The molecule has 1 aliphatic rings. The van der Waals surface area contributed by atoms with Gasteiger partial charge in [-0.15, -0.1) is 22.7 Å². The summed E-state index contributed by atoms with van der Waals surface area (Å²) in [7, 11) is 1.77. The Morgan fingerprint density at radius 1 is 0.953 bits per heavy atom. The van der Waals surface area contributed by atoms with Gasteiger partial charge in [0.25, 0.3) is 0 Å². The number of benzene rings is 1. The van der Waals surface area contributed by atoms with E-state index in [1.54, 1.807) is 25.4 Å². The number of piperidine rings is 1. The summed E-state index contributed by atoms with van der Waals surface area (Å²) in [5.41, 5.74) is 5.23. The van der Waals surface area contributed by atoms with Crippen LogP contribution in [0.25, 0.3) is 11.3 Å². The maximum Gasteiger partial charge on any atom is 0.311 e. The molecule has 0 unspecified atom stereocenters. The highest BCUT2D eigenvalue weighted by molar-refractivity contribution is 7.12. The van der Waals surface area contributed by atoms with E-state index in [9.17, 15) is 9.59 Å². The first-order valence-corrected chi connectivity index (χ1v) is 16.8. The van der Waals surface area contributed by atoms with E-state index in [2.05, 4.69) is 65.6 Å². The molecule has 1 aromatic carbocycles. The maximum atomic E-state index is 13.2. The summed E-state index contributed by atoms with van der Waals surface area (Å²) >= 11 is 3.22. The van der Waals surface area contributed by atoms with Gasteiger partial charge in [0, 0.05) is 45.5 Å². The fourth-order valence-corrected chi connectivity index (χ4v) is 7.81. The molecule has 0 spiro atoms. The van der Waals surface area contributed by atoms with Crippen molar-refractivity contribution < 1.29 is 19.1 Å². The van der Waals surface area contributed by atoms with E-state index in [1.807, 2.05) is 11.8 Å². The zero-order valence-corrected chi connectivity index (χ0v) is 29.1. The van der Waals surface area contributed by atoms with Crippen molar-refractivity contribution in [2.75, 3.05) is 26.8 Å². The fourth-order valence-electron chi connectivity index (χ4n) is 5.65. The van der Waals surface area contributed by atoms with Crippen molar-refractivity contribution in [2.24, 2.45) is 0 Å². The molecule has 43 heavy (non-hydrogen) atoms. The van der Waals surface area contributed by atoms with Gasteiger partial charge < -0.3 is 14.4 Å². The number of nitrogens with zero attached hydrogens (tertiary/aromatic N) is 3. The number of thiazole rings is 2. The molecule has 4 rings (SSSR count). The van der Waals surface area contributed by atoms with Gasteiger partial charge in [-0.3, -0.25) is 9.59 Å². The Bertz CT molecular complexity index is 1430. The third-order valence-corrected chi connectivity index (χ3v) is 10.3. The predicted octanol–water partition coefficient (Wildman–Crippen LogP) is 7.54. The van der Waals surface area contributed by atoms with E-state index < -0.39 is 0 Å². The van der Waals surface area contributed by atoms with E-state index >= 15 is 0 Å². The van der Waals surface area contributed by atoms with Crippen LogP contribution in [0, 0.1) is 13.8 Å². The lowest BCUT2D eigenvalue weighted by molar-refractivity contribution is -0.142. The maximum absolute atomic E-state index is 13.2. The highest BCUT2D eigenvalue weighted by Crippen LogP contribution is 2.44. The molecule has 0 bridgehead atoms. The highest BCUT2D eigenvalue weighted by atomic mass is 32.1. The van der Waals surface area contributed by atoms with Crippen molar-refractivity contribution in [3.63, 3.8) is 0 Å². The van der Waals surface area contributed by atoms with Gasteiger partial charge in [0.2, 0.25) is 5.91 Å². The smallest absolute Gasteiger partial charge is 0.311 e. The van der Waals surface area contributed by atoms with Crippen LogP contribution < -0.4 is 4.74 Å². The largest absolute Gasteiger partial charge is 0.496 e. The summed E-state index contributed by atoms with van der Waals surface area (Å²) in [6, 6.07) is 4.53. The monoisotopic (exact) mass is 625 g/mol. The van der Waals surface area contributed by atoms with Gasteiger partial charge in [-0.05, 0) is 56.6 Å². The number of aryl methyl sites for hydroxylation is 2. The predicted molar refractivity (Wildman–Crippen MR) is 176 cm³/mol. The number of hydrogen-bond donors (Lipinski definition) is 0. The van der Waals surface area contributed by atoms with Crippen LogP contribution in [0.5, 0.6) is 5.75 Å². The van der Waals surface area contributed by atoms with Crippen LogP contribution in [-0.4, -0.2) is 53.6 Å². The number of ether oxygens (including phenoxy) is 2. The summed E-state index contributed by atoms with van der Waals surface area (Å²) in [5, 5.41) is 1.91. The molecule has 0 radical (unpaired) electrons. The first-order valence-electron chi connectivity index (χ1n) is 15.2. The van der Waals surface area contributed by atoms with Gasteiger partial charge in [-0.2, -0.15) is 0 Å². The Balaban J connectivity index is 1.47. The van der Waals surface area contributed by atoms with E-state index in [4.69, 9.17) is 14.5 Å². The van der Waals surface area contributed by atoms with Gasteiger partial charge in [0.1, 0.15) is 10.8 Å². The number of rotatable bonds is 8. The van der Waals surface area contributed by atoms with Crippen LogP contribution in [-0.2, 0) is 38.0 Å². The Hall–Kier alpha value is -2.78. The van der Waals surface area contributed by atoms with Crippen molar-refractivity contribution >= 4 is 34.6 Å².